The smallest absolute Gasteiger partial charge is 0.179 e. The number of ether oxygens (including phenoxy) is 1. The van der Waals surface area contributed by atoms with E-state index >= 15 is 0 Å². The summed E-state index contributed by atoms with van der Waals surface area (Å²) >= 11 is 0. The van der Waals surface area contributed by atoms with Gasteiger partial charge >= 0.3 is 0 Å². The Labute approximate surface area is 86.2 Å². The number of anilines is 1. The number of nitrogen functional groups attached to an aromatic ring is 1. The van der Waals surface area contributed by atoms with Crippen LogP contribution in [0.4, 0.5) is 5.69 Å². The zero-order chi connectivity index (χ0) is 10.3. The van der Waals surface area contributed by atoms with Gasteiger partial charge in [-0.3, -0.25) is 0 Å². The van der Waals surface area contributed by atoms with E-state index in [4.69, 9.17) is 10.5 Å². The molecule has 1 heterocycles. The van der Waals surface area contributed by atoms with Crippen LogP contribution in [0.3, 0.4) is 0 Å². The van der Waals surface area contributed by atoms with Gasteiger partial charge in [0.25, 0.3) is 0 Å². The zero-order valence-corrected chi connectivity index (χ0v) is 8.14. The van der Waals surface area contributed by atoms with Gasteiger partial charge in [-0.1, -0.05) is 0 Å². The monoisotopic (exact) mass is 205 g/mol. The van der Waals surface area contributed by atoms with Crippen LogP contribution < -0.4 is 10.5 Å². The molecule has 1 fully saturated rings. The number of hydrogen-bond acceptors (Lipinski definition) is 5. The zero-order valence-electron chi connectivity index (χ0n) is 8.14. The number of nitrogens with two attached hydrogens (primary N) is 1. The van der Waals surface area contributed by atoms with Crippen molar-refractivity contribution in [2.75, 3.05) is 5.73 Å². The molecule has 0 atom stereocenters. The van der Waals surface area contributed by atoms with E-state index in [0.29, 0.717) is 28.6 Å². The third-order valence-electron chi connectivity index (χ3n) is 2.76. The first-order valence-corrected chi connectivity index (χ1v) is 5.02. The summed E-state index contributed by atoms with van der Waals surface area (Å²) in [5.41, 5.74) is 7.48. The summed E-state index contributed by atoms with van der Waals surface area (Å²) in [4.78, 5) is 0. The minimum atomic E-state index is 0.313. The fourth-order valence-electron chi connectivity index (χ4n) is 1.63. The SMILES string of the molecule is Nc1ccc(OC2CCC2)c2nonc12. The highest BCUT2D eigenvalue weighted by molar-refractivity contribution is 5.90. The first-order chi connectivity index (χ1) is 7.34. The standard InChI is InChI=1S/C10H11N3O2/c11-7-4-5-8(14-6-2-1-3-6)10-9(7)12-15-13-10/h4-6H,1-3,11H2. The average molecular weight is 205 g/mol. The Bertz CT molecular complexity index is 490. The molecule has 0 spiro atoms. The van der Waals surface area contributed by atoms with Crippen LogP contribution >= 0.6 is 0 Å². The second kappa shape index (κ2) is 3.12. The molecule has 5 heteroatoms. The van der Waals surface area contributed by atoms with Crippen LogP contribution in [0.2, 0.25) is 0 Å². The van der Waals surface area contributed by atoms with E-state index in [1.165, 1.54) is 6.42 Å². The predicted molar refractivity (Wildman–Crippen MR) is 54.5 cm³/mol. The van der Waals surface area contributed by atoms with Gasteiger partial charge in [0.15, 0.2) is 16.8 Å². The molecule has 5 nitrogen and oxygen atoms in total. The molecule has 78 valence electrons. The van der Waals surface area contributed by atoms with E-state index < -0.39 is 0 Å². The number of rotatable bonds is 2. The summed E-state index contributed by atoms with van der Waals surface area (Å²) in [6, 6.07) is 3.58. The summed E-state index contributed by atoms with van der Waals surface area (Å²) in [7, 11) is 0. The molecule has 15 heavy (non-hydrogen) atoms. The van der Waals surface area contributed by atoms with Gasteiger partial charge in [0.2, 0.25) is 0 Å². The Morgan fingerprint density at radius 3 is 2.80 bits per heavy atom. The summed E-state index contributed by atoms with van der Waals surface area (Å²) in [6.07, 6.45) is 3.77. The lowest BCUT2D eigenvalue weighted by atomic mass is 9.96. The van der Waals surface area contributed by atoms with E-state index in [-0.39, 0.29) is 0 Å². The van der Waals surface area contributed by atoms with Gasteiger partial charge < -0.3 is 10.5 Å². The van der Waals surface area contributed by atoms with Gasteiger partial charge in [0.1, 0.15) is 0 Å². The Morgan fingerprint density at radius 1 is 1.27 bits per heavy atom. The number of fused-ring (bicyclic) bond motifs is 1. The first kappa shape index (κ1) is 8.52. The lowest BCUT2D eigenvalue weighted by Crippen LogP contribution is -2.24. The molecule has 0 saturated heterocycles. The average Bonchev–Trinajstić information content (AvgIpc) is 2.63. The molecule has 0 bridgehead atoms. The summed E-state index contributed by atoms with van der Waals surface area (Å²) in [6.45, 7) is 0. The molecule has 0 amide bonds. The maximum Gasteiger partial charge on any atom is 0.179 e. The molecule has 1 aliphatic carbocycles. The normalized spacial score (nSPS) is 16.5. The van der Waals surface area contributed by atoms with Crippen LogP contribution in [0, 0.1) is 0 Å². The summed E-state index contributed by atoms with van der Waals surface area (Å²) < 4.78 is 10.4. The summed E-state index contributed by atoms with van der Waals surface area (Å²) in [5, 5.41) is 7.54. The Hall–Kier alpha value is -1.78. The van der Waals surface area contributed by atoms with Gasteiger partial charge in [-0.25, -0.2) is 4.63 Å². The fourth-order valence-corrected chi connectivity index (χ4v) is 1.63. The second-order valence-electron chi connectivity index (χ2n) is 3.79. The van der Waals surface area contributed by atoms with Crippen LogP contribution in [-0.4, -0.2) is 16.4 Å². The van der Waals surface area contributed by atoms with Crippen LogP contribution in [0.25, 0.3) is 11.0 Å². The Kier molecular flexibility index (Phi) is 1.77. The molecule has 2 aromatic rings. The van der Waals surface area contributed by atoms with Crippen molar-refractivity contribution in [3.05, 3.63) is 12.1 Å². The van der Waals surface area contributed by atoms with Gasteiger partial charge in [0.05, 0.1) is 11.8 Å². The van der Waals surface area contributed by atoms with E-state index in [0.717, 1.165) is 12.8 Å². The van der Waals surface area contributed by atoms with Gasteiger partial charge in [-0.05, 0) is 41.7 Å². The molecule has 1 aromatic carbocycles. The van der Waals surface area contributed by atoms with Crippen molar-refractivity contribution in [3.8, 4) is 5.75 Å². The molecule has 1 aromatic heterocycles. The molecule has 0 aliphatic heterocycles. The maximum absolute atomic E-state index is 5.76. The van der Waals surface area contributed by atoms with Crippen molar-refractivity contribution >= 4 is 16.7 Å². The van der Waals surface area contributed by atoms with Crippen molar-refractivity contribution < 1.29 is 9.37 Å². The largest absolute Gasteiger partial charge is 0.488 e. The van der Waals surface area contributed by atoms with E-state index in [1.54, 1.807) is 6.07 Å². The van der Waals surface area contributed by atoms with Crippen molar-refractivity contribution in [1.29, 1.82) is 0 Å². The van der Waals surface area contributed by atoms with Gasteiger partial charge in [0, 0.05) is 0 Å². The van der Waals surface area contributed by atoms with Crippen molar-refractivity contribution in [1.82, 2.24) is 10.3 Å². The van der Waals surface area contributed by atoms with E-state index in [9.17, 15) is 0 Å². The molecular weight excluding hydrogens is 194 g/mol. The minimum Gasteiger partial charge on any atom is -0.488 e. The van der Waals surface area contributed by atoms with Crippen LogP contribution in [-0.2, 0) is 0 Å². The highest BCUT2D eigenvalue weighted by Crippen LogP contribution is 2.31. The van der Waals surface area contributed by atoms with Crippen molar-refractivity contribution in [2.24, 2.45) is 0 Å². The highest BCUT2D eigenvalue weighted by Gasteiger charge is 2.21. The van der Waals surface area contributed by atoms with E-state index in [2.05, 4.69) is 14.9 Å². The lowest BCUT2D eigenvalue weighted by molar-refractivity contribution is 0.121. The Balaban J connectivity index is 2.02. The number of aromatic nitrogens is 2. The summed E-state index contributed by atoms with van der Waals surface area (Å²) in [5.74, 6) is 0.713. The molecule has 0 unspecified atom stereocenters. The molecule has 1 aliphatic rings. The fraction of sp³-hybridized carbons (Fsp3) is 0.400. The highest BCUT2D eigenvalue weighted by atomic mass is 16.6. The number of benzene rings is 1. The molecule has 2 N–H and O–H groups in total. The molecule has 1 saturated carbocycles. The number of hydrogen-bond donors (Lipinski definition) is 1. The van der Waals surface area contributed by atoms with Crippen molar-refractivity contribution in [3.63, 3.8) is 0 Å². The van der Waals surface area contributed by atoms with Crippen LogP contribution in [0.5, 0.6) is 5.75 Å². The van der Waals surface area contributed by atoms with Crippen molar-refractivity contribution in [2.45, 2.75) is 25.4 Å². The van der Waals surface area contributed by atoms with Crippen LogP contribution in [0.1, 0.15) is 19.3 Å². The van der Waals surface area contributed by atoms with Crippen LogP contribution in [0.15, 0.2) is 16.8 Å². The molecular formula is C10H11N3O2. The third-order valence-corrected chi connectivity index (χ3v) is 2.76. The lowest BCUT2D eigenvalue weighted by Gasteiger charge is -2.26. The van der Waals surface area contributed by atoms with E-state index in [1.807, 2.05) is 6.07 Å². The minimum absolute atomic E-state index is 0.313. The number of nitrogens with zero attached hydrogens (tertiary/aromatic N) is 2. The van der Waals surface area contributed by atoms with Gasteiger partial charge in [-0.15, -0.1) is 0 Å². The maximum atomic E-state index is 5.76. The van der Waals surface area contributed by atoms with Gasteiger partial charge in [-0.2, -0.15) is 0 Å². The Morgan fingerprint density at radius 2 is 2.07 bits per heavy atom. The molecule has 0 radical (unpaired) electrons. The third kappa shape index (κ3) is 1.31. The second-order valence-corrected chi connectivity index (χ2v) is 3.79. The predicted octanol–water partition coefficient (Wildman–Crippen LogP) is 1.74. The molecule has 3 rings (SSSR count). The quantitative estimate of drug-likeness (QED) is 0.756. The topological polar surface area (TPSA) is 74.2 Å². The first-order valence-electron chi connectivity index (χ1n) is 5.02.